The van der Waals surface area contributed by atoms with E-state index in [-0.39, 0.29) is 35.7 Å². The third-order valence-electron chi connectivity index (χ3n) is 6.19. The second-order valence-electron chi connectivity index (χ2n) is 9.08. The van der Waals surface area contributed by atoms with Crippen molar-refractivity contribution < 1.29 is 35.9 Å². The van der Waals surface area contributed by atoms with Gasteiger partial charge in [0.2, 0.25) is 15.9 Å². The van der Waals surface area contributed by atoms with Crippen molar-refractivity contribution in [2.45, 2.75) is 61.8 Å². The number of carbonyl (C=O) groups is 2. The van der Waals surface area contributed by atoms with E-state index in [1.165, 1.54) is 6.92 Å². The van der Waals surface area contributed by atoms with Gasteiger partial charge in [-0.3, -0.25) is 9.59 Å². The van der Waals surface area contributed by atoms with Crippen LogP contribution >= 0.6 is 12.4 Å². The molecule has 0 heterocycles. The van der Waals surface area contributed by atoms with E-state index < -0.39 is 45.9 Å². The number of carbonyl (C=O) groups excluding carboxylic acids is 2. The van der Waals surface area contributed by atoms with Crippen molar-refractivity contribution in [3.63, 3.8) is 0 Å². The molecule has 1 aliphatic carbocycles. The van der Waals surface area contributed by atoms with Gasteiger partial charge in [-0.05, 0) is 62.4 Å². The van der Waals surface area contributed by atoms with Crippen molar-refractivity contribution in [2.75, 3.05) is 6.61 Å². The first-order chi connectivity index (χ1) is 17.4. The third-order valence-corrected chi connectivity index (χ3v) is 7.73. The standard InChI is InChI=1S/C25H30F3N3O5S.ClH/c1-16(29)24(33)36-15-22(17-5-3-2-4-6-17)30-23(32)18-7-11-20(12-8-18)31-37(34,35)21-13-9-19(10-14-21)25(26,27)28;/h2-6,9-10,13-14,16,18,20,22,31H,7-8,11-12,15,29H2,1H3,(H,30,32);1H/t16-,18-,20-,22+;/m0./s1. The van der Waals surface area contributed by atoms with Gasteiger partial charge >= 0.3 is 12.1 Å². The first kappa shape index (κ1) is 31.5. The van der Waals surface area contributed by atoms with Crippen molar-refractivity contribution in [1.29, 1.82) is 0 Å². The molecule has 0 saturated heterocycles. The van der Waals surface area contributed by atoms with Crippen LogP contribution in [-0.2, 0) is 30.5 Å². The first-order valence-electron chi connectivity index (χ1n) is 11.8. The number of hydrogen-bond acceptors (Lipinski definition) is 6. The SMILES string of the molecule is C[C@H](N)C(=O)OC[C@@H](NC(=O)[C@H]1CC[C@H](NS(=O)(=O)c2ccc(C(F)(F)F)cc2)CC1)c1ccccc1.Cl. The fourth-order valence-electron chi connectivity index (χ4n) is 4.08. The highest BCUT2D eigenvalue weighted by molar-refractivity contribution is 7.89. The lowest BCUT2D eigenvalue weighted by atomic mass is 9.85. The maximum absolute atomic E-state index is 13.0. The first-order valence-corrected chi connectivity index (χ1v) is 13.3. The van der Waals surface area contributed by atoms with E-state index in [1.807, 2.05) is 6.07 Å². The van der Waals surface area contributed by atoms with E-state index in [0.717, 1.165) is 29.8 Å². The minimum absolute atomic E-state index is 0. The van der Waals surface area contributed by atoms with Gasteiger partial charge in [0.15, 0.2) is 0 Å². The fraction of sp³-hybridized carbons (Fsp3) is 0.440. The summed E-state index contributed by atoms with van der Waals surface area (Å²) in [5, 5.41) is 2.92. The van der Waals surface area contributed by atoms with E-state index in [1.54, 1.807) is 24.3 Å². The van der Waals surface area contributed by atoms with E-state index >= 15 is 0 Å². The third kappa shape index (κ3) is 8.69. The maximum Gasteiger partial charge on any atom is 0.416 e. The monoisotopic (exact) mass is 577 g/mol. The Morgan fingerprint density at radius 3 is 2.13 bits per heavy atom. The van der Waals surface area contributed by atoms with E-state index in [4.69, 9.17) is 10.5 Å². The lowest BCUT2D eigenvalue weighted by Crippen LogP contribution is -2.42. The Kier molecular flexibility index (Phi) is 11.1. The van der Waals surface area contributed by atoms with Gasteiger partial charge in [0, 0.05) is 12.0 Å². The summed E-state index contributed by atoms with van der Waals surface area (Å²) in [5.41, 5.74) is 5.37. The van der Waals surface area contributed by atoms with Crippen LogP contribution in [0.3, 0.4) is 0 Å². The van der Waals surface area contributed by atoms with Crippen LogP contribution in [0.1, 0.15) is 49.8 Å². The number of amides is 1. The molecule has 3 rings (SSSR count). The molecule has 1 amide bonds. The van der Waals surface area contributed by atoms with Crippen molar-refractivity contribution in [1.82, 2.24) is 10.0 Å². The minimum atomic E-state index is -4.56. The number of rotatable bonds is 9. The average molecular weight is 578 g/mol. The Hall–Kier alpha value is -2.67. The summed E-state index contributed by atoms with van der Waals surface area (Å²) in [7, 11) is -4.01. The topological polar surface area (TPSA) is 128 Å². The molecule has 0 aliphatic heterocycles. The molecule has 2 aromatic carbocycles. The van der Waals surface area contributed by atoms with Crippen LogP contribution in [0.4, 0.5) is 13.2 Å². The molecule has 2 atom stereocenters. The summed E-state index contributed by atoms with van der Waals surface area (Å²) in [6.07, 6.45) is -2.97. The molecule has 1 fully saturated rings. The quantitative estimate of drug-likeness (QED) is 0.390. The molecule has 38 heavy (non-hydrogen) atoms. The Balaban J connectivity index is 0.00000507. The zero-order valence-electron chi connectivity index (χ0n) is 20.6. The van der Waals surface area contributed by atoms with Gasteiger partial charge < -0.3 is 15.8 Å². The van der Waals surface area contributed by atoms with Crippen LogP contribution in [0, 0.1) is 5.92 Å². The predicted molar refractivity (Wildman–Crippen MR) is 137 cm³/mol. The van der Waals surface area contributed by atoms with E-state index in [2.05, 4.69) is 10.0 Å². The number of ether oxygens (including phenoxy) is 1. The van der Waals surface area contributed by atoms with Gasteiger partial charge in [-0.1, -0.05) is 30.3 Å². The van der Waals surface area contributed by atoms with Crippen LogP contribution < -0.4 is 15.8 Å². The van der Waals surface area contributed by atoms with Crippen molar-refractivity contribution in [2.24, 2.45) is 11.7 Å². The Morgan fingerprint density at radius 1 is 1.03 bits per heavy atom. The smallest absolute Gasteiger partial charge is 0.416 e. The zero-order chi connectivity index (χ0) is 27.2. The van der Waals surface area contributed by atoms with Crippen molar-refractivity contribution in [3.05, 3.63) is 65.7 Å². The molecule has 0 spiro atoms. The molecule has 1 saturated carbocycles. The van der Waals surface area contributed by atoms with Crippen LogP contribution in [0.15, 0.2) is 59.5 Å². The highest BCUT2D eigenvalue weighted by Crippen LogP contribution is 2.30. The van der Waals surface area contributed by atoms with E-state index in [9.17, 15) is 31.2 Å². The zero-order valence-corrected chi connectivity index (χ0v) is 22.2. The van der Waals surface area contributed by atoms with Gasteiger partial charge in [0.1, 0.15) is 12.6 Å². The van der Waals surface area contributed by atoms with Gasteiger partial charge in [0.05, 0.1) is 16.5 Å². The van der Waals surface area contributed by atoms with Crippen molar-refractivity contribution in [3.8, 4) is 0 Å². The predicted octanol–water partition coefficient (Wildman–Crippen LogP) is 3.71. The van der Waals surface area contributed by atoms with Crippen LogP contribution in [0.25, 0.3) is 0 Å². The van der Waals surface area contributed by atoms with Crippen molar-refractivity contribution >= 4 is 34.3 Å². The highest BCUT2D eigenvalue weighted by atomic mass is 35.5. The molecule has 0 radical (unpaired) electrons. The molecule has 8 nitrogen and oxygen atoms in total. The van der Waals surface area contributed by atoms with E-state index in [0.29, 0.717) is 25.7 Å². The van der Waals surface area contributed by atoms with Crippen LogP contribution in [0.5, 0.6) is 0 Å². The normalized spacial score (nSPS) is 19.5. The number of esters is 1. The second-order valence-corrected chi connectivity index (χ2v) is 10.8. The number of nitrogens with two attached hydrogens (primary N) is 1. The number of sulfonamides is 1. The Morgan fingerprint density at radius 2 is 1.61 bits per heavy atom. The molecule has 4 N–H and O–H groups in total. The number of benzene rings is 2. The summed E-state index contributed by atoms with van der Waals surface area (Å²) >= 11 is 0. The molecule has 1 aliphatic rings. The number of nitrogens with one attached hydrogen (secondary N) is 2. The summed E-state index contributed by atoms with van der Waals surface area (Å²) in [5.74, 6) is -1.20. The molecular weight excluding hydrogens is 547 g/mol. The number of alkyl halides is 3. The summed E-state index contributed by atoms with van der Waals surface area (Å²) in [6.45, 7) is 1.42. The minimum Gasteiger partial charge on any atom is -0.462 e. The Labute approximate surface area is 226 Å². The van der Waals surface area contributed by atoms with Gasteiger partial charge in [-0.2, -0.15) is 13.2 Å². The molecule has 0 bridgehead atoms. The van der Waals surface area contributed by atoms with Gasteiger partial charge in [-0.25, -0.2) is 13.1 Å². The molecule has 0 aromatic heterocycles. The highest BCUT2D eigenvalue weighted by Gasteiger charge is 2.32. The Bertz CT molecular complexity index is 1170. The second kappa shape index (κ2) is 13.4. The molecule has 2 aromatic rings. The number of halogens is 4. The largest absolute Gasteiger partial charge is 0.462 e. The molecule has 210 valence electrons. The van der Waals surface area contributed by atoms with Gasteiger partial charge in [0.25, 0.3) is 0 Å². The van der Waals surface area contributed by atoms with Gasteiger partial charge in [-0.15, -0.1) is 12.4 Å². The average Bonchev–Trinajstić information content (AvgIpc) is 2.86. The number of hydrogen-bond donors (Lipinski definition) is 3. The fourth-order valence-corrected chi connectivity index (χ4v) is 5.38. The lowest BCUT2D eigenvalue weighted by molar-refractivity contribution is -0.146. The molecule has 13 heteroatoms. The van der Waals surface area contributed by atoms with Crippen LogP contribution in [-0.4, -0.2) is 39.0 Å². The molecular formula is C25H31ClF3N3O5S. The summed E-state index contributed by atoms with van der Waals surface area (Å²) in [6, 6.07) is 10.5. The maximum atomic E-state index is 13.0. The summed E-state index contributed by atoms with van der Waals surface area (Å²) in [4.78, 5) is 24.5. The van der Waals surface area contributed by atoms with Crippen LogP contribution in [0.2, 0.25) is 0 Å². The summed E-state index contributed by atoms with van der Waals surface area (Å²) < 4.78 is 71.3. The lowest BCUT2D eigenvalue weighted by Gasteiger charge is -2.29. The molecule has 0 unspecified atom stereocenters.